The molecule has 12 heavy (non-hydrogen) atoms. The molecule has 0 saturated heterocycles. The van der Waals surface area contributed by atoms with Crippen molar-refractivity contribution in [3.63, 3.8) is 0 Å². The van der Waals surface area contributed by atoms with Gasteiger partial charge in [0.15, 0.2) is 0 Å². The summed E-state index contributed by atoms with van der Waals surface area (Å²) in [6, 6.07) is 5.13. The van der Waals surface area contributed by atoms with Gasteiger partial charge in [-0.3, -0.25) is 0 Å². The Kier molecular flexibility index (Phi) is 3.20. The van der Waals surface area contributed by atoms with Gasteiger partial charge >= 0.3 is 0 Å². The first-order chi connectivity index (χ1) is 5.59. The van der Waals surface area contributed by atoms with Crippen LogP contribution in [0.25, 0.3) is 0 Å². The van der Waals surface area contributed by atoms with Crippen LogP contribution in [0.15, 0.2) is 18.2 Å². The highest BCUT2D eigenvalue weighted by Crippen LogP contribution is 2.26. The van der Waals surface area contributed by atoms with E-state index in [1.807, 2.05) is 0 Å². The average Bonchev–Trinajstić information content (AvgIpc) is 1.96. The van der Waals surface area contributed by atoms with E-state index in [1.54, 1.807) is 37.4 Å². The Bertz CT molecular complexity index is 276. The highest BCUT2D eigenvalue weighted by Gasteiger charge is 2.00. The smallest absolute Gasteiger partial charge is 0.149 e. The minimum Gasteiger partial charge on any atom is -0.406 e. The van der Waals surface area contributed by atoms with E-state index in [2.05, 4.69) is 0 Å². The molecule has 0 spiro atoms. The van der Waals surface area contributed by atoms with Crippen LogP contribution in [0.3, 0.4) is 0 Å². The van der Waals surface area contributed by atoms with Crippen molar-refractivity contribution in [2.75, 3.05) is 14.1 Å². The first-order valence-corrected chi connectivity index (χ1v) is 4.15. The van der Waals surface area contributed by atoms with E-state index in [4.69, 9.17) is 28.0 Å². The van der Waals surface area contributed by atoms with Crippen molar-refractivity contribution in [3.05, 3.63) is 28.2 Å². The van der Waals surface area contributed by atoms with Gasteiger partial charge in [0.05, 0.1) is 10.0 Å². The Morgan fingerprint density at radius 3 is 2.33 bits per heavy atom. The second kappa shape index (κ2) is 3.99. The van der Waals surface area contributed by atoms with Crippen molar-refractivity contribution in [2.45, 2.75) is 0 Å². The molecule has 0 radical (unpaired) electrons. The minimum atomic E-state index is 0.496. The first-order valence-electron chi connectivity index (χ1n) is 3.40. The fourth-order valence-electron chi connectivity index (χ4n) is 0.744. The van der Waals surface area contributed by atoms with Crippen molar-refractivity contribution < 1.29 is 4.84 Å². The molecule has 66 valence electrons. The molecule has 1 rings (SSSR count). The lowest BCUT2D eigenvalue weighted by Gasteiger charge is -2.11. The highest BCUT2D eigenvalue weighted by molar-refractivity contribution is 6.42. The molecule has 0 aliphatic carbocycles. The molecule has 0 aliphatic rings. The number of benzene rings is 1. The Hall–Kier alpha value is -0.440. The SMILES string of the molecule is CN(C)Oc1ccc(Cl)c(Cl)c1. The topological polar surface area (TPSA) is 12.5 Å². The van der Waals surface area contributed by atoms with Crippen LogP contribution in [0.2, 0.25) is 10.0 Å². The largest absolute Gasteiger partial charge is 0.406 e. The predicted molar refractivity (Wildman–Crippen MR) is 50.8 cm³/mol. The molecule has 4 heteroatoms. The number of rotatable bonds is 2. The van der Waals surface area contributed by atoms with Gasteiger partial charge < -0.3 is 4.84 Å². The fourth-order valence-corrected chi connectivity index (χ4v) is 1.03. The number of hydrogen-bond acceptors (Lipinski definition) is 2. The molecule has 0 fully saturated rings. The van der Waals surface area contributed by atoms with Crippen molar-refractivity contribution in [1.82, 2.24) is 5.06 Å². The Balaban J connectivity index is 2.82. The molecule has 0 aliphatic heterocycles. The zero-order chi connectivity index (χ0) is 9.14. The van der Waals surface area contributed by atoms with E-state index in [0.717, 1.165) is 0 Å². The van der Waals surface area contributed by atoms with Crippen LogP contribution in [-0.2, 0) is 0 Å². The van der Waals surface area contributed by atoms with Crippen LogP contribution in [0.5, 0.6) is 5.75 Å². The maximum Gasteiger partial charge on any atom is 0.149 e. The number of hydrogen-bond donors (Lipinski definition) is 0. The summed E-state index contributed by atoms with van der Waals surface area (Å²) in [5.74, 6) is 0.675. The van der Waals surface area contributed by atoms with E-state index < -0.39 is 0 Å². The number of nitrogens with zero attached hydrogens (tertiary/aromatic N) is 1. The standard InChI is InChI=1S/C8H9Cl2NO/c1-11(2)12-6-3-4-7(9)8(10)5-6/h3-5H,1-2H3. The van der Waals surface area contributed by atoms with Crippen molar-refractivity contribution in [1.29, 1.82) is 0 Å². The maximum atomic E-state index is 5.77. The van der Waals surface area contributed by atoms with E-state index in [0.29, 0.717) is 15.8 Å². The zero-order valence-corrected chi connectivity index (χ0v) is 8.36. The lowest BCUT2D eigenvalue weighted by molar-refractivity contribution is -0.00323. The second-order valence-corrected chi connectivity index (χ2v) is 3.29. The second-order valence-electron chi connectivity index (χ2n) is 2.48. The molecule has 0 bridgehead atoms. The van der Waals surface area contributed by atoms with Gasteiger partial charge in [0, 0.05) is 20.2 Å². The van der Waals surface area contributed by atoms with Gasteiger partial charge in [-0.2, -0.15) is 5.06 Å². The molecular weight excluding hydrogens is 197 g/mol. The average molecular weight is 206 g/mol. The van der Waals surface area contributed by atoms with Crippen molar-refractivity contribution in [3.8, 4) is 5.75 Å². The summed E-state index contributed by atoms with van der Waals surface area (Å²) in [6.07, 6.45) is 0. The fraction of sp³-hybridized carbons (Fsp3) is 0.250. The summed E-state index contributed by atoms with van der Waals surface area (Å²) in [5.41, 5.74) is 0. The number of hydroxylamine groups is 2. The van der Waals surface area contributed by atoms with Gasteiger partial charge in [-0.25, -0.2) is 0 Å². The molecule has 0 N–H and O–H groups in total. The van der Waals surface area contributed by atoms with Gasteiger partial charge in [-0.15, -0.1) is 0 Å². The lowest BCUT2D eigenvalue weighted by Crippen LogP contribution is -2.15. The van der Waals surface area contributed by atoms with Gasteiger partial charge in [-0.05, 0) is 12.1 Å². The zero-order valence-electron chi connectivity index (χ0n) is 6.84. The van der Waals surface area contributed by atoms with Crippen LogP contribution >= 0.6 is 23.2 Å². The van der Waals surface area contributed by atoms with E-state index in [-0.39, 0.29) is 0 Å². The molecule has 0 atom stereocenters. The lowest BCUT2D eigenvalue weighted by atomic mass is 10.3. The van der Waals surface area contributed by atoms with Gasteiger partial charge in [0.2, 0.25) is 0 Å². The summed E-state index contributed by atoms with van der Waals surface area (Å²) >= 11 is 11.5. The normalized spacial score (nSPS) is 10.4. The Morgan fingerprint density at radius 1 is 1.17 bits per heavy atom. The third-order valence-corrected chi connectivity index (χ3v) is 1.92. The molecular formula is C8H9Cl2NO. The quantitative estimate of drug-likeness (QED) is 0.689. The van der Waals surface area contributed by atoms with E-state index in [9.17, 15) is 0 Å². The summed E-state index contributed by atoms with van der Waals surface area (Å²) in [6.45, 7) is 0. The maximum absolute atomic E-state index is 5.77. The Labute approximate surface area is 81.6 Å². The van der Waals surface area contributed by atoms with Crippen LogP contribution in [0.4, 0.5) is 0 Å². The van der Waals surface area contributed by atoms with Crippen LogP contribution < -0.4 is 4.84 Å². The summed E-state index contributed by atoms with van der Waals surface area (Å²) in [5, 5.41) is 2.61. The van der Waals surface area contributed by atoms with Crippen molar-refractivity contribution >= 4 is 23.2 Å². The molecule has 1 aromatic carbocycles. The van der Waals surface area contributed by atoms with E-state index >= 15 is 0 Å². The molecule has 0 saturated carbocycles. The monoisotopic (exact) mass is 205 g/mol. The van der Waals surface area contributed by atoms with Crippen LogP contribution in [0.1, 0.15) is 0 Å². The molecule has 0 aromatic heterocycles. The van der Waals surface area contributed by atoms with Gasteiger partial charge in [0.25, 0.3) is 0 Å². The van der Waals surface area contributed by atoms with Crippen molar-refractivity contribution in [2.24, 2.45) is 0 Å². The number of halogens is 2. The molecule has 1 aromatic rings. The molecule has 0 heterocycles. The van der Waals surface area contributed by atoms with E-state index in [1.165, 1.54) is 0 Å². The van der Waals surface area contributed by atoms with Gasteiger partial charge in [0.1, 0.15) is 5.75 Å². The molecule has 0 unspecified atom stereocenters. The van der Waals surface area contributed by atoms with Crippen LogP contribution in [-0.4, -0.2) is 19.2 Å². The highest BCUT2D eigenvalue weighted by atomic mass is 35.5. The minimum absolute atomic E-state index is 0.496. The first kappa shape index (κ1) is 9.65. The summed E-state index contributed by atoms with van der Waals surface area (Å²) in [4.78, 5) is 5.24. The molecule has 0 amide bonds. The molecule has 2 nitrogen and oxygen atoms in total. The summed E-state index contributed by atoms with van der Waals surface area (Å²) in [7, 11) is 3.59. The third kappa shape index (κ3) is 2.55. The summed E-state index contributed by atoms with van der Waals surface area (Å²) < 4.78 is 0. The Morgan fingerprint density at radius 2 is 1.83 bits per heavy atom. The van der Waals surface area contributed by atoms with Crippen LogP contribution in [0, 0.1) is 0 Å². The van der Waals surface area contributed by atoms with Gasteiger partial charge in [-0.1, -0.05) is 23.2 Å². The third-order valence-electron chi connectivity index (χ3n) is 1.18. The predicted octanol–water partition coefficient (Wildman–Crippen LogP) is 2.85.